The summed E-state index contributed by atoms with van der Waals surface area (Å²) in [7, 11) is 0. The van der Waals surface area contributed by atoms with Gasteiger partial charge in [-0.05, 0) is 36.6 Å². The molecule has 1 aromatic rings. The van der Waals surface area contributed by atoms with Crippen LogP contribution in [0.1, 0.15) is 18.1 Å². The van der Waals surface area contributed by atoms with E-state index in [1.807, 2.05) is 0 Å². The smallest absolute Gasteiger partial charge is 0.316 e. The molecule has 2 unspecified atom stereocenters. The fraction of sp³-hybridized carbons (Fsp3) is 0.462. The zero-order chi connectivity index (χ0) is 14.9. The first-order valence-corrected chi connectivity index (χ1v) is 6.96. The normalized spacial score (nSPS) is 21.1. The van der Waals surface area contributed by atoms with Crippen LogP contribution in [-0.4, -0.2) is 23.5 Å². The fourth-order valence-electron chi connectivity index (χ4n) is 2.46. The molecule has 0 saturated heterocycles. The summed E-state index contributed by atoms with van der Waals surface area (Å²) in [6.07, 6.45) is 0.402. The minimum absolute atomic E-state index is 0.155. The van der Waals surface area contributed by atoms with Crippen molar-refractivity contribution in [3.8, 4) is 0 Å². The van der Waals surface area contributed by atoms with E-state index in [9.17, 15) is 14.9 Å². The van der Waals surface area contributed by atoms with E-state index in [1.165, 1.54) is 0 Å². The summed E-state index contributed by atoms with van der Waals surface area (Å²) in [6.45, 7) is 1.88. The van der Waals surface area contributed by atoms with Crippen molar-refractivity contribution in [2.45, 2.75) is 25.8 Å². The Hall–Kier alpha value is -1.33. The van der Waals surface area contributed by atoms with Gasteiger partial charge in [-0.25, -0.2) is 0 Å². The molecule has 0 heterocycles. The Balaban J connectivity index is 2.37. The van der Waals surface area contributed by atoms with Crippen molar-refractivity contribution in [1.82, 2.24) is 0 Å². The molecule has 5 nitrogen and oxygen atoms in total. The number of esters is 1. The quantitative estimate of drug-likeness (QED) is 0.488. The van der Waals surface area contributed by atoms with Crippen LogP contribution in [0.15, 0.2) is 12.1 Å². The molecule has 1 aliphatic carbocycles. The standard InChI is InChI=1S/C13H13Cl2NO4/c1-2-20-13(17)9-3-7-4-10(14)11(15)5-8(7)6-12(9)16(18)19/h4-5,9,12H,2-3,6H2,1H3. The van der Waals surface area contributed by atoms with E-state index in [-0.39, 0.29) is 19.4 Å². The lowest BCUT2D eigenvalue weighted by Gasteiger charge is -2.26. The van der Waals surface area contributed by atoms with E-state index in [2.05, 4.69) is 0 Å². The molecular weight excluding hydrogens is 305 g/mol. The zero-order valence-corrected chi connectivity index (χ0v) is 12.3. The summed E-state index contributed by atoms with van der Waals surface area (Å²) in [5, 5.41) is 11.9. The molecule has 0 saturated carbocycles. The van der Waals surface area contributed by atoms with E-state index >= 15 is 0 Å². The van der Waals surface area contributed by atoms with E-state index in [0.29, 0.717) is 10.0 Å². The van der Waals surface area contributed by atoms with Crippen molar-refractivity contribution in [2.75, 3.05) is 6.61 Å². The molecule has 7 heteroatoms. The van der Waals surface area contributed by atoms with Crippen molar-refractivity contribution < 1.29 is 14.5 Å². The van der Waals surface area contributed by atoms with Crippen molar-refractivity contribution in [3.05, 3.63) is 43.4 Å². The van der Waals surface area contributed by atoms with Gasteiger partial charge in [0.2, 0.25) is 6.04 Å². The van der Waals surface area contributed by atoms with Gasteiger partial charge in [-0.15, -0.1) is 0 Å². The number of carbonyl (C=O) groups excluding carboxylic acids is 1. The highest BCUT2D eigenvalue weighted by molar-refractivity contribution is 6.42. The Labute approximate surface area is 126 Å². The summed E-state index contributed by atoms with van der Waals surface area (Å²) in [5.41, 5.74) is 1.58. The first kappa shape index (κ1) is 15.1. The summed E-state index contributed by atoms with van der Waals surface area (Å²) in [6, 6.07) is 2.32. The Morgan fingerprint density at radius 1 is 1.35 bits per heavy atom. The lowest BCUT2D eigenvalue weighted by atomic mass is 9.80. The third kappa shape index (κ3) is 2.88. The number of ether oxygens (including phenoxy) is 1. The van der Waals surface area contributed by atoms with Gasteiger partial charge in [-0.1, -0.05) is 23.2 Å². The second-order valence-corrected chi connectivity index (χ2v) is 5.47. The van der Waals surface area contributed by atoms with Crippen LogP contribution in [0, 0.1) is 16.0 Å². The Morgan fingerprint density at radius 3 is 2.40 bits per heavy atom. The van der Waals surface area contributed by atoms with Crippen LogP contribution >= 0.6 is 23.2 Å². The first-order chi connectivity index (χ1) is 9.43. The van der Waals surface area contributed by atoms with E-state index in [4.69, 9.17) is 27.9 Å². The molecule has 2 rings (SSSR count). The molecule has 0 bridgehead atoms. The van der Waals surface area contributed by atoms with Gasteiger partial charge >= 0.3 is 5.97 Å². The number of nitro groups is 1. The molecule has 0 aromatic heterocycles. The maximum Gasteiger partial charge on any atom is 0.316 e. The number of rotatable bonds is 3. The van der Waals surface area contributed by atoms with Gasteiger partial charge in [-0.2, -0.15) is 0 Å². The van der Waals surface area contributed by atoms with Gasteiger partial charge in [0.25, 0.3) is 0 Å². The highest BCUT2D eigenvalue weighted by Gasteiger charge is 2.42. The van der Waals surface area contributed by atoms with Gasteiger partial charge in [-0.3, -0.25) is 14.9 Å². The van der Waals surface area contributed by atoms with Crippen LogP contribution < -0.4 is 0 Å². The van der Waals surface area contributed by atoms with E-state index < -0.39 is 22.9 Å². The number of halogens is 2. The lowest BCUT2D eigenvalue weighted by molar-refractivity contribution is -0.530. The molecule has 0 radical (unpaired) electrons. The van der Waals surface area contributed by atoms with Gasteiger partial charge in [0.1, 0.15) is 5.92 Å². The monoisotopic (exact) mass is 317 g/mol. The highest BCUT2D eigenvalue weighted by Crippen LogP contribution is 2.34. The number of benzene rings is 1. The predicted octanol–water partition coefficient (Wildman–Crippen LogP) is 2.92. The van der Waals surface area contributed by atoms with E-state index in [0.717, 1.165) is 11.1 Å². The van der Waals surface area contributed by atoms with Crippen LogP contribution in [0.5, 0.6) is 0 Å². The average Bonchev–Trinajstić information content (AvgIpc) is 2.39. The van der Waals surface area contributed by atoms with Crippen molar-refractivity contribution in [1.29, 1.82) is 0 Å². The lowest BCUT2D eigenvalue weighted by Crippen LogP contribution is -2.41. The second kappa shape index (κ2) is 5.97. The van der Waals surface area contributed by atoms with Crippen LogP contribution in [0.25, 0.3) is 0 Å². The zero-order valence-electron chi connectivity index (χ0n) is 10.8. The molecule has 0 amide bonds. The van der Waals surface area contributed by atoms with Crippen molar-refractivity contribution in [2.24, 2.45) is 5.92 Å². The Bertz CT molecular complexity index is 562. The SMILES string of the molecule is CCOC(=O)C1Cc2cc(Cl)c(Cl)cc2CC1[N+](=O)[O-]. The Morgan fingerprint density at radius 2 is 1.90 bits per heavy atom. The fourth-order valence-corrected chi connectivity index (χ4v) is 2.83. The molecule has 108 valence electrons. The van der Waals surface area contributed by atoms with Crippen LogP contribution in [0.4, 0.5) is 0 Å². The summed E-state index contributed by atoms with van der Waals surface area (Å²) in [5.74, 6) is -1.32. The number of hydrogen-bond donors (Lipinski definition) is 0. The van der Waals surface area contributed by atoms with Gasteiger partial charge in [0.15, 0.2) is 0 Å². The second-order valence-electron chi connectivity index (χ2n) is 4.65. The molecule has 0 N–H and O–H groups in total. The highest BCUT2D eigenvalue weighted by atomic mass is 35.5. The van der Waals surface area contributed by atoms with Crippen molar-refractivity contribution in [3.63, 3.8) is 0 Å². The summed E-state index contributed by atoms with van der Waals surface area (Å²) in [4.78, 5) is 22.6. The summed E-state index contributed by atoms with van der Waals surface area (Å²) < 4.78 is 4.93. The molecule has 2 atom stereocenters. The van der Waals surface area contributed by atoms with E-state index in [1.54, 1.807) is 19.1 Å². The average molecular weight is 318 g/mol. The topological polar surface area (TPSA) is 69.4 Å². The number of nitrogens with zero attached hydrogens (tertiary/aromatic N) is 1. The van der Waals surface area contributed by atoms with Gasteiger partial charge in [0, 0.05) is 11.3 Å². The maximum absolute atomic E-state index is 11.9. The molecule has 1 aliphatic rings. The maximum atomic E-state index is 11.9. The minimum Gasteiger partial charge on any atom is -0.466 e. The van der Waals surface area contributed by atoms with Gasteiger partial charge in [0.05, 0.1) is 16.7 Å². The molecule has 0 fully saturated rings. The molecule has 20 heavy (non-hydrogen) atoms. The minimum atomic E-state index is -0.987. The Kier molecular flexibility index (Phi) is 4.50. The third-order valence-electron chi connectivity index (χ3n) is 3.44. The van der Waals surface area contributed by atoms with Gasteiger partial charge < -0.3 is 4.74 Å². The molecule has 1 aromatic carbocycles. The van der Waals surface area contributed by atoms with Crippen LogP contribution in [-0.2, 0) is 22.4 Å². The molecule has 0 spiro atoms. The van der Waals surface area contributed by atoms with Crippen LogP contribution in [0.3, 0.4) is 0 Å². The first-order valence-electron chi connectivity index (χ1n) is 6.21. The summed E-state index contributed by atoms with van der Waals surface area (Å²) >= 11 is 11.9. The van der Waals surface area contributed by atoms with Crippen molar-refractivity contribution >= 4 is 29.2 Å². The number of carbonyl (C=O) groups is 1. The molecule has 0 aliphatic heterocycles. The number of hydrogen-bond acceptors (Lipinski definition) is 4. The molecular formula is C13H13Cl2NO4. The predicted molar refractivity (Wildman–Crippen MR) is 74.8 cm³/mol. The largest absolute Gasteiger partial charge is 0.466 e. The van der Waals surface area contributed by atoms with Crippen LogP contribution in [0.2, 0.25) is 10.0 Å². The third-order valence-corrected chi connectivity index (χ3v) is 4.16. The number of fused-ring (bicyclic) bond motifs is 1.